The molecule has 0 aliphatic carbocycles. The Morgan fingerprint density at radius 2 is 2.12 bits per heavy atom. The number of benzene rings is 1. The van der Waals surface area contributed by atoms with Gasteiger partial charge in [0.15, 0.2) is 0 Å². The first kappa shape index (κ1) is 11.4. The number of hydrogen-bond donors (Lipinski definition) is 2. The molecule has 4 nitrogen and oxygen atoms in total. The fourth-order valence-corrected chi connectivity index (χ4v) is 1.95. The van der Waals surface area contributed by atoms with Crippen LogP contribution < -0.4 is 10.1 Å². The van der Waals surface area contributed by atoms with E-state index in [1.807, 2.05) is 24.3 Å². The first-order valence-corrected chi connectivity index (χ1v) is 5.83. The predicted octanol–water partition coefficient (Wildman–Crippen LogP) is 1.64. The fraction of sp³-hybridized carbons (Fsp3) is 0.364. The van der Waals surface area contributed by atoms with E-state index >= 15 is 0 Å². The van der Waals surface area contributed by atoms with E-state index in [1.54, 1.807) is 0 Å². The number of rotatable bonds is 3. The number of carboxylic acid groups (broad SMARTS) is 1. The molecule has 0 aromatic heterocycles. The van der Waals surface area contributed by atoms with Crippen LogP contribution in [0.2, 0.25) is 0 Å². The Morgan fingerprint density at radius 3 is 2.69 bits per heavy atom. The van der Waals surface area contributed by atoms with Crippen LogP contribution in [0, 0.1) is 0 Å². The SMILES string of the molecule is O=C(O)[C@@H]1C[C@H](Oc2ccc(Br)cc2)CN1. The standard InChI is InChI=1S/C11H12BrNO3/c12-7-1-3-8(4-2-7)16-9-5-10(11(14)15)13-6-9/h1-4,9-10,13H,5-6H2,(H,14,15)/t9-,10-/m0/s1. The second kappa shape index (κ2) is 4.84. The summed E-state index contributed by atoms with van der Waals surface area (Å²) in [6.07, 6.45) is 0.438. The van der Waals surface area contributed by atoms with Crippen molar-refractivity contribution in [3.63, 3.8) is 0 Å². The van der Waals surface area contributed by atoms with E-state index in [2.05, 4.69) is 21.2 Å². The molecule has 0 radical (unpaired) electrons. The van der Waals surface area contributed by atoms with Crippen LogP contribution in [-0.2, 0) is 4.79 Å². The Balaban J connectivity index is 1.92. The molecule has 1 saturated heterocycles. The molecule has 0 spiro atoms. The van der Waals surface area contributed by atoms with Gasteiger partial charge >= 0.3 is 5.97 Å². The first-order valence-electron chi connectivity index (χ1n) is 5.03. The van der Waals surface area contributed by atoms with Crippen molar-refractivity contribution in [3.8, 4) is 5.75 Å². The van der Waals surface area contributed by atoms with Gasteiger partial charge in [0.25, 0.3) is 0 Å². The minimum absolute atomic E-state index is 0.0673. The van der Waals surface area contributed by atoms with Crippen LogP contribution >= 0.6 is 15.9 Å². The first-order chi connectivity index (χ1) is 7.65. The summed E-state index contributed by atoms with van der Waals surface area (Å²) in [4.78, 5) is 10.7. The predicted molar refractivity (Wildman–Crippen MR) is 62.6 cm³/mol. The molecular weight excluding hydrogens is 274 g/mol. The van der Waals surface area contributed by atoms with E-state index in [0.717, 1.165) is 10.2 Å². The monoisotopic (exact) mass is 285 g/mol. The van der Waals surface area contributed by atoms with Gasteiger partial charge in [-0.25, -0.2) is 0 Å². The van der Waals surface area contributed by atoms with E-state index in [-0.39, 0.29) is 6.10 Å². The van der Waals surface area contributed by atoms with Crippen LogP contribution in [0.5, 0.6) is 5.75 Å². The molecule has 5 heteroatoms. The van der Waals surface area contributed by atoms with Crippen molar-refractivity contribution in [1.29, 1.82) is 0 Å². The van der Waals surface area contributed by atoms with E-state index in [4.69, 9.17) is 9.84 Å². The molecule has 2 atom stereocenters. The van der Waals surface area contributed by atoms with Gasteiger partial charge in [0.05, 0.1) is 0 Å². The molecule has 0 bridgehead atoms. The lowest BCUT2D eigenvalue weighted by atomic mass is 10.2. The molecular formula is C11H12BrNO3. The quantitative estimate of drug-likeness (QED) is 0.887. The molecule has 1 fully saturated rings. The molecule has 0 unspecified atom stereocenters. The lowest BCUT2D eigenvalue weighted by Crippen LogP contribution is -2.30. The summed E-state index contributed by atoms with van der Waals surface area (Å²) < 4.78 is 6.66. The number of nitrogens with one attached hydrogen (secondary N) is 1. The van der Waals surface area contributed by atoms with Gasteiger partial charge in [-0.2, -0.15) is 0 Å². The molecule has 1 heterocycles. The van der Waals surface area contributed by atoms with Crippen molar-refractivity contribution in [2.45, 2.75) is 18.6 Å². The molecule has 1 aromatic rings. The van der Waals surface area contributed by atoms with E-state index < -0.39 is 12.0 Å². The zero-order valence-electron chi connectivity index (χ0n) is 8.52. The average Bonchev–Trinajstić information content (AvgIpc) is 2.70. The number of hydrogen-bond acceptors (Lipinski definition) is 3. The molecule has 2 N–H and O–H groups in total. The third-order valence-corrected chi connectivity index (χ3v) is 3.03. The highest BCUT2D eigenvalue weighted by atomic mass is 79.9. The molecule has 1 aliphatic rings. The summed E-state index contributed by atoms with van der Waals surface area (Å²) in [6.45, 7) is 0.576. The van der Waals surface area contributed by atoms with Crippen LogP contribution in [0.25, 0.3) is 0 Å². The number of carboxylic acids is 1. The smallest absolute Gasteiger partial charge is 0.320 e. The Labute approximate surface area is 102 Å². The Hall–Kier alpha value is -1.07. The molecule has 86 valence electrons. The second-order valence-electron chi connectivity index (χ2n) is 3.73. The molecule has 0 saturated carbocycles. The number of carbonyl (C=O) groups is 1. The van der Waals surface area contributed by atoms with Crippen LogP contribution in [0.3, 0.4) is 0 Å². The fourth-order valence-electron chi connectivity index (χ4n) is 1.69. The number of halogens is 1. The van der Waals surface area contributed by atoms with Crippen molar-refractivity contribution < 1.29 is 14.6 Å². The third-order valence-electron chi connectivity index (χ3n) is 2.50. The minimum Gasteiger partial charge on any atom is -0.489 e. The highest BCUT2D eigenvalue weighted by Crippen LogP contribution is 2.20. The number of aliphatic carboxylic acids is 1. The molecule has 2 rings (SSSR count). The summed E-state index contributed by atoms with van der Waals surface area (Å²) in [7, 11) is 0. The maximum absolute atomic E-state index is 10.7. The van der Waals surface area contributed by atoms with Crippen molar-refractivity contribution in [2.24, 2.45) is 0 Å². The normalized spacial score (nSPS) is 24.3. The Bertz CT molecular complexity index is 379. The van der Waals surface area contributed by atoms with E-state index in [1.165, 1.54) is 0 Å². The van der Waals surface area contributed by atoms with Crippen molar-refractivity contribution in [1.82, 2.24) is 5.32 Å². The van der Waals surface area contributed by atoms with Gasteiger partial charge in [0.1, 0.15) is 17.9 Å². The lowest BCUT2D eigenvalue weighted by molar-refractivity contribution is -0.139. The van der Waals surface area contributed by atoms with Crippen molar-refractivity contribution >= 4 is 21.9 Å². The minimum atomic E-state index is -0.818. The van der Waals surface area contributed by atoms with Gasteiger partial charge in [-0.05, 0) is 24.3 Å². The van der Waals surface area contributed by atoms with Crippen molar-refractivity contribution in [2.75, 3.05) is 6.54 Å². The van der Waals surface area contributed by atoms with Crippen LogP contribution in [-0.4, -0.2) is 29.8 Å². The van der Waals surface area contributed by atoms with Gasteiger partial charge in [0.2, 0.25) is 0 Å². The third kappa shape index (κ3) is 2.74. The highest BCUT2D eigenvalue weighted by Gasteiger charge is 2.30. The molecule has 1 aromatic carbocycles. The average molecular weight is 286 g/mol. The summed E-state index contributed by atoms with van der Waals surface area (Å²) in [5.41, 5.74) is 0. The molecule has 16 heavy (non-hydrogen) atoms. The van der Waals surface area contributed by atoms with Crippen LogP contribution in [0.15, 0.2) is 28.7 Å². The molecule has 1 aliphatic heterocycles. The van der Waals surface area contributed by atoms with Crippen molar-refractivity contribution in [3.05, 3.63) is 28.7 Å². The summed E-state index contributed by atoms with van der Waals surface area (Å²) in [6, 6.07) is 7.02. The van der Waals surface area contributed by atoms with E-state index in [0.29, 0.717) is 13.0 Å². The van der Waals surface area contributed by atoms with Gasteiger partial charge in [-0.1, -0.05) is 15.9 Å². The highest BCUT2D eigenvalue weighted by molar-refractivity contribution is 9.10. The zero-order valence-corrected chi connectivity index (χ0v) is 10.1. The van der Waals surface area contributed by atoms with Crippen LogP contribution in [0.4, 0.5) is 0 Å². The topological polar surface area (TPSA) is 58.6 Å². The van der Waals surface area contributed by atoms with Crippen LogP contribution in [0.1, 0.15) is 6.42 Å². The van der Waals surface area contributed by atoms with Gasteiger partial charge in [0, 0.05) is 17.4 Å². The largest absolute Gasteiger partial charge is 0.489 e. The van der Waals surface area contributed by atoms with Gasteiger partial charge in [-0.3, -0.25) is 4.79 Å². The van der Waals surface area contributed by atoms with E-state index in [9.17, 15) is 4.79 Å². The summed E-state index contributed by atoms with van der Waals surface area (Å²) in [5, 5.41) is 11.7. The summed E-state index contributed by atoms with van der Waals surface area (Å²) in [5.74, 6) is -0.0528. The maximum atomic E-state index is 10.7. The molecule has 0 amide bonds. The second-order valence-corrected chi connectivity index (χ2v) is 4.64. The van der Waals surface area contributed by atoms with Gasteiger partial charge in [-0.15, -0.1) is 0 Å². The Morgan fingerprint density at radius 1 is 1.44 bits per heavy atom. The lowest BCUT2D eigenvalue weighted by Gasteiger charge is -2.12. The summed E-state index contributed by atoms with van der Waals surface area (Å²) >= 11 is 3.34. The zero-order chi connectivity index (χ0) is 11.5. The Kier molecular flexibility index (Phi) is 3.46. The maximum Gasteiger partial charge on any atom is 0.320 e. The van der Waals surface area contributed by atoms with Gasteiger partial charge < -0.3 is 15.2 Å². The number of ether oxygens (including phenoxy) is 1.